The van der Waals surface area contributed by atoms with Crippen LogP contribution in [0.4, 0.5) is 5.69 Å². The molecule has 0 aliphatic heterocycles. The molecule has 0 aliphatic carbocycles. The Morgan fingerprint density at radius 2 is 1.48 bits per heavy atom. The molecule has 0 unspecified atom stereocenters. The predicted molar refractivity (Wildman–Crippen MR) is 98.2 cm³/mol. The first-order valence-corrected chi connectivity index (χ1v) is 7.92. The quantitative estimate of drug-likeness (QED) is 0.698. The maximum Gasteiger partial charge on any atom is 0.337 e. The van der Waals surface area contributed by atoms with Crippen molar-refractivity contribution < 1.29 is 14.7 Å². The zero-order valence-electron chi connectivity index (χ0n) is 13.1. The second kappa shape index (κ2) is 7.20. The SMILES string of the molecule is O=C(Nc1cc(Cl)ccc1C(=O)O)c1ccc(-c2ccccc2)cc1. The third-order valence-corrected chi connectivity index (χ3v) is 3.95. The van der Waals surface area contributed by atoms with E-state index < -0.39 is 11.9 Å². The van der Waals surface area contributed by atoms with E-state index in [2.05, 4.69) is 5.32 Å². The van der Waals surface area contributed by atoms with Gasteiger partial charge in [-0.1, -0.05) is 54.1 Å². The van der Waals surface area contributed by atoms with Gasteiger partial charge < -0.3 is 10.4 Å². The third-order valence-electron chi connectivity index (χ3n) is 3.71. The van der Waals surface area contributed by atoms with Crippen LogP contribution in [-0.2, 0) is 0 Å². The molecular formula is C20H14ClNO3. The average molecular weight is 352 g/mol. The Morgan fingerprint density at radius 3 is 2.12 bits per heavy atom. The summed E-state index contributed by atoms with van der Waals surface area (Å²) in [5.74, 6) is -1.53. The molecule has 124 valence electrons. The summed E-state index contributed by atoms with van der Waals surface area (Å²) < 4.78 is 0. The van der Waals surface area contributed by atoms with Gasteiger partial charge in [0.25, 0.3) is 5.91 Å². The summed E-state index contributed by atoms with van der Waals surface area (Å²) in [7, 11) is 0. The van der Waals surface area contributed by atoms with Gasteiger partial charge in [-0.3, -0.25) is 4.79 Å². The Morgan fingerprint density at radius 1 is 0.840 bits per heavy atom. The molecule has 3 rings (SSSR count). The molecule has 0 aliphatic rings. The first-order valence-electron chi connectivity index (χ1n) is 7.54. The molecule has 5 heteroatoms. The van der Waals surface area contributed by atoms with E-state index in [9.17, 15) is 14.7 Å². The third kappa shape index (κ3) is 3.87. The molecule has 0 spiro atoms. The Bertz CT molecular complexity index is 921. The van der Waals surface area contributed by atoms with E-state index in [-0.39, 0.29) is 11.3 Å². The smallest absolute Gasteiger partial charge is 0.337 e. The van der Waals surface area contributed by atoms with Crippen molar-refractivity contribution in [2.45, 2.75) is 0 Å². The number of benzene rings is 3. The highest BCUT2D eigenvalue weighted by molar-refractivity contribution is 6.31. The van der Waals surface area contributed by atoms with Gasteiger partial charge >= 0.3 is 5.97 Å². The van der Waals surface area contributed by atoms with E-state index in [0.29, 0.717) is 10.6 Å². The van der Waals surface area contributed by atoms with Crippen molar-refractivity contribution in [1.82, 2.24) is 0 Å². The van der Waals surface area contributed by atoms with Crippen LogP contribution in [0.3, 0.4) is 0 Å². The largest absolute Gasteiger partial charge is 0.478 e. The topological polar surface area (TPSA) is 66.4 Å². The molecule has 1 amide bonds. The maximum absolute atomic E-state index is 12.4. The molecule has 0 saturated heterocycles. The number of rotatable bonds is 4. The summed E-state index contributed by atoms with van der Waals surface area (Å²) in [6.07, 6.45) is 0. The van der Waals surface area contributed by atoms with Gasteiger partial charge in [0, 0.05) is 10.6 Å². The number of carbonyl (C=O) groups is 2. The minimum absolute atomic E-state index is 0.0151. The van der Waals surface area contributed by atoms with Gasteiger partial charge in [-0.05, 0) is 41.5 Å². The van der Waals surface area contributed by atoms with Crippen LogP contribution < -0.4 is 5.32 Å². The van der Waals surface area contributed by atoms with Crippen LogP contribution in [0.5, 0.6) is 0 Å². The van der Waals surface area contributed by atoms with Crippen LogP contribution in [0.2, 0.25) is 5.02 Å². The van der Waals surface area contributed by atoms with E-state index in [1.165, 1.54) is 18.2 Å². The maximum atomic E-state index is 12.4. The second-order valence-corrected chi connectivity index (χ2v) is 5.83. The number of nitrogens with one attached hydrogen (secondary N) is 1. The first kappa shape index (κ1) is 16.7. The van der Waals surface area contributed by atoms with Gasteiger partial charge in [0.05, 0.1) is 11.3 Å². The number of carboxylic acids is 1. The van der Waals surface area contributed by atoms with E-state index in [4.69, 9.17) is 11.6 Å². The van der Waals surface area contributed by atoms with Gasteiger partial charge in [-0.15, -0.1) is 0 Å². The van der Waals surface area contributed by atoms with E-state index >= 15 is 0 Å². The molecule has 0 saturated carbocycles. The minimum Gasteiger partial charge on any atom is -0.478 e. The van der Waals surface area contributed by atoms with Crippen LogP contribution in [0.1, 0.15) is 20.7 Å². The predicted octanol–water partition coefficient (Wildman–Crippen LogP) is 4.96. The van der Waals surface area contributed by atoms with Crippen molar-refractivity contribution in [2.75, 3.05) is 5.32 Å². The van der Waals surface area contributed by atoms with Gasteiger partial charge in [0.15, 0.2) is 0 Å². The monoisotopic (exact) mass is 351 g/mol. The number of anilines is 1. The lowest BCUT2D eigenvalue weighted by molar-refractivity contribution is 0.0698. The van der Waals surface area contributed by atoms with Crippen molar-refractivity contribution in [3.05, 3.63) is 88.9 Å². The van der Waals surface area contributed by atoms with Crippen molar-refractivity contribution in [3.63, 3.8) is 0 Å². The zero-order valence-corrected chi connectivity index (χ0v) is 13.8. The number of hydrogen-bond acceptors (Lipinski definition) is 2. The van der Waals surface area contributed by atoms with Gasteiger partial charge in [-0.2, -0.15) is 0 Å². The highest BCUT2D eigenvalue weighted by atomic mass is 35.5. The van der Waals surface area contributed by atoms with Crippen molar-refractivity contribution >= 4 is 29.2 Å². The molecular weight excluding hydrogens is 338 g/mol. The van der Waals surface area contributed by atoms with Crippen molar-refractivity contribution in [3.8, 4) is 11.1 Å². The van der Waals surface area contributed by atoms with Gasteiger partial charge in [-0.25, -0.2) is 4.79 Å². The highest BCUT2D eigenvalue weighted by Crippen LogP contribution is 2.23. The summed E-state index contributed by atoms with van der Waals surface area (Å²) >= 11 is 5.90. The minimum atomic E-state index is -1.13. The molecule has 2 N–H and O–H groups in total. The molecule has 0 fully saturated rings. The van der Waals surface area contributed by atoms with Crippen molar-refractivity contribution in [1.29, 1.82) is 0 Å². The summed E-state index contributed by atoms with van der Waals surface area (Å²) in [5.41, 5.74) is 2.62. The molecule has 25 heavy (non-hydrogen) atoms. The van der Waals surface area contributed by atoms with E-state index in [0.717, 1.165) is 11.1 Å². The molecule has 0 heterocycles. The summed E-state index contributed by atoms with van der Waals surface area (Å²) in [5, 5.41) is 12.2. The standard InChI is InChI=1S/C20H14ClNO3/c21-16-10-11-17(20(24)25)18(12-16)22-19(23)15-8-6-14(7-9-15)13-4-2-1-3-5-13/h1-12H,(H,22,23)(H,24,25). The normalized spacial score (nSPS) is 10.3. The zero-order chi connectivity index (χ0) is 17.8. The number of carbonyl (C=O) groups excluding carboxylic acids is 1. The Hall–Kier alpha value is -3.11. The van der Waals surface area contributed by atoms with Crippen molar-refractivity contribution in [2.24, 2.45) is 0 Å². The first-order chi connectivity index (χ1) is 12.0. The fourth-order valence-corrected chi connectivity index (χ4v) is 2.62. The number of hydrogen-bond donors (Lipinski definition) is 2. The lowest BCUT2D eigenvalue weighted by atomic mass is 10.0. The number of aromatic carboxylic acids is 1. The van der Waals surface area contributed by atoms with Crippen LogP contribution in [-0.4, -0.2) is 17.0 Å². The molecule has 0 aromatic heterocycles. The summed E-state index contributed by atoms with van der Waals surface area (Å²) in [4.78, 5) is 23.7. The number of halogens is 1. The van der Waals surface area contributed by atoms with Gasteiger partial charge in [0.2, 0.25) is 0 Å². The van der Waals surface area contributed by atoms with Crippen LogP contribution >= 0.6 is 11.6 Å². The molecule has 3 aromatic carbocycles. The number of carboxylic acid groups (broad SMARTS) is 1. The fraction of sp³-hybridized carbons (Fsp3) is 0. The highest BCUT2D eigenvalue weighted by Gasteiger charge is 2.14. The molecule has 4 nitrogen and oxygen atoms in total. The molecule has 0 atom stereocenters. The molecule has 0 bridgehead atoms. The summed E-state index contributed by atoms with van der Waals surface area (Å²) in [6.45, 7) is 0. The van der Waals surface area contributed by atoms with Crippen LogP contribution in [0.25, 0.3) is 11.1 Å². The Labute approximate surface area is 149 Å². The Balaban J connectivity index is 1.83. The summed E-state index contributed by atoms with van der Waals surface area (Å²) in [6, 6.07) is 21.1. The van der Waals surface area contributed by atoms with Crippen LogP contribution in [0, 0.1) is 0 Å². The lowest BCUT2D eigenvalue weighted by Gasteiger charge is -2.09. The van der Waals surface area contributed by atoms with Crippen LogP contribution in [0.15, 0.2) is 72.8 Å². The van der Waals surface area contributed by atoms with Gasteiger partial charge in [0.1, 0.15) is 0 Å². The van der Waals surface area contributed by atoms with E-state index in [1.54, 1.807) is 12.1 Å². The number of amides is 1. The van der Waals surface area contributed by atoms with E-state index in [1.807, 2.05) is 42.5 Å². The molecule has 3 aromatic rings. The average Bonchev–Trinajstić information content (AvgIpc) is 2.62. The second-order valence-electron chi connectivity index (χ2n) is 5.39. The fourth-order valence-electron chi connectivity index (χ4n) is 2.45. The lowest BCUT2D eigenvalue weighted by Crippen LogP contribution is -2.14. The molecule has 0 radical (unpaired) electrons. The Kier molecular flexibility index (Phi) is 4.82.